The largest absolute Gasteiger partial charge is 0.364 e. The average Bonchev–Trinajstić information content (AvgIpc) is 2.87. The Kier molecular flexibility index (Phi) is 8.40. The first-order valence-corrected chi connectivity index (χ1v) is 12.3. The van der Waals surface area contributed by atoms with Gasteiger partial charge in [-0.15, -0.1) is 0 Å². The average molecular weight is 479 g/mol. The Bertz CT molecular complexity index is 1120. The number of hydrogen-bond acceptors (Lipinski definition) is 6. The minimum Gasteiger partial charge on any atom is -0.364 e. The van der Waals surface area contributed by atoms with Crippen molar-refractivity contribution >= 4 is 0 Å². The molecule has 4 rings (SSSR count). The molecule has 0 N–H and O–H groups in total. The quantitative estimate of drug-likeness (QED) is 0.292. The van der Waals surface area contributed by atoms with Crippen LogP contribution in [0.15, 0.2) is 85.7 Å². The first kappa shape index (κ1) is 25.0. The van der Waals surface area contributed by atoms with E-state index >= 15 is 0 Å². The van der Waals surface area contributed by atoms with E-state index in [1.54, 1.807) is 0 Å². The number of aromatic nitrogens is 4. The summed E-state index contributed by atoms with van der Waals surface area (Å²) in [5, 5.41) is 0. The van der Waals surface area contributed by atoms with Gasteiger partial charge in [0, 0.05) is 37.2 Å². The summed E-state index contributed by atoms with van der Waals surface area (Å²) >= 11 is 0. The predicted molar refractivity (Wildman–Crippen MR) is 144 cm³/mol. The van der Waals surface area contributed by atoms with Gasteiger partial charge < -0.3 is 9.80 Å². The lowest BCUT2D eigenvalue weighted by atomic mass is 10.1. The third kappa shape index (κ3) is 6.75. The van der Waals surface area contributed by atoms with Crippen LogP contribution in [-0.4, -0.2) is 29.7 Å². The fraction of sp³-hybridized carbons (Fsp3) is 0.267. The standard InChI is InChI=1S/C30H34N6/c1-23-9-5-13-31-27(23)19-35(20-28-24(2)10-6-14-32-28)17-18-36(21-29-25(3)11-7-15-33-29)22-30-26(4)12-8-16-34-30/h5-18H,19-22H2,1-4H3/b18-17+. The van der Waals surface area contributed by atoms with Gasteiger partial charge in [0.05, 0.1) is 49.0 Å². The number of rotatable bonds is 10. The van der Waals surface area contributed by atoms with Crippen LogP contribution in [0.2, 0.25) is 0 Å². The fourth-order valence-electron chi connectivity index (χ4n) is 4.02. The molecular weight excluding hydrogens is 444 g/mol. The summed E-state index contributed by atoms with van der Waals surface area (Å²) in [5.74, 6) is 0. The van der Waals surface area contributed by atoms with E-state index in [1.165, 1.54) is 22.3 Å². The number of aryl methyl sites for hydroxylation is 4. The molecule has 6 heteroatoms. The normalized spacial score (nSPS) is 11.1. The monoisotopic (exact) mass is 478 g/mol. The molecule has 0 radical (unpaired) electrons. The summed E-state index contributed by atoms with van der Waals surface area (Å²) in [6, 6.07) is 16.4. The van der Waals surface area contributed by atoms with E-state index in [0.29, 0.717) is 26.2 Å². The van der Waals surface area contributed by atoms with E-state index in [2.05, 4.69) is 94.1 Å². The Labute approximate surface area is 214 Å². The van der Waals surface area contributed by atoms with Crippen molar-refractivity contribution in [1.82, 2.24) is 29.7 Å². The summed E-state index contributed by atoms with van der Waals surface area (Å²) in [5.41, 5.74) is 8.95. The Hall–Kier alpha value is -4.06. The number of pyridine rings is 4. The Morgan fingerprint density at radius 3 is 0.944 bits per heavy atom. The highest BCUT2D eigenvalue weighted by molar-refractivity contribution is 5.22. The molecular formula is C30H34N6. The Balaban J connectivity index is 1.63. The molecule has 4 aromatic heterocycles. The van der Waals surface area contributed by atoms with E-state index in [1.807, 2.05) is 49.1 Å². The number of nitrogens with zero attached hydrogens (tertiary/aromatic N) is 6. The molecule has 184 valence electrons. The summed E-state index contributed by atoms with van der Waals surface area (Å²) < 4.78 is 0. The maximum atomic E-state index is 4.64. The van der Waals surface area contributed by atoms with Crippen molar-refractivity contribution in [2.75, 3.05) is 0 Å². The molecule has 4 heterocycles. The van der Waals surface area contributed by atoms with E-state index in [4.69, 9.17) is 0 Å². The summed E-state index contributed by atoms with van der Waals surface area (Å²) in [6.07, 6.45) is 11.7. The first-order chi connectivity index (χ1) is 17.5. The summed E-state index contributed by atoms with van der Waals surface area (Å²) in [4.78, 5) is 23.1. The van der Waals surface area contributed by atoms with Gasteiger partial charge >= 0.3 is 0 Å². The smallest absolute Gasteiger partial charge is 0.0625 e. The fourth-order valence-corrected chi connectivity index (χ4v) is 4.02. The van der Waals surface area contributed by atoms with Gasteiger partial charge in [-0.05, 0) is 74.2 Å². The Morgan fingerprint density at radius 1 is 0.472 bits per heavy atom. The van der Waals surface area contributed by atoms with Crippen LogP contribution in [0.1, 0.15) is 45.0 Å². The molecule has 0 saturated carbocycles. The molecule has 0 saturated heterocycles. The molecule has 0 fully saturated rings. The minimum atomic E-state index is 0.693. The second-order valence-corrected chi connectivity index (χ2v) is 9.18. The van der Waals surface area contributed by atoms with Crippen molar-refractivity contribution in [3.8, 4) is 0 Å². The second kappa shape index (κ2) is 12.1. The summed E-state index contributed by atoms with van der Waals surface area (Å²) in [6.45, 7) is 11.2. The molecule has 6 nitrogen and oxygen atoms in total. The van der Waals surface area contributed by atoms with Crippen LogP contribution in [0.3, 0.4) is 0 Å². The third-order valence-corrected chi connectivity index (χ3v) is 6.37. The molecule has 0 atom stereocenters. The SMILES string of the molecule is Cc1cccnc1CN(/C=C/N(Cc1ncccc1C)Cc1ncccc1C)Cc1ncccc1C. The molecule has 0 bridgehead atoms. The highest BCUT2D eigenvalue weighted by Crippen LogP contribution is 2.16. The van der Waals surface area contributed by atoms with Gasteiger partial charge in [0.2, 0.25) is 0 Å². The van der Waals surface area contributed by atoms with E-state index in [-0.39, 0.29) is 0 Å². The topological polar surface area (TPSA) is 58.0 Å². The lowest BCUT2D eigenvalue weighted by Gasteiger charge is -2.25. The molecule has 0 aliphatic heterocycles. The second-order valence-electron chi connectivity index (χ2n) is 9.18. The van der Waals surface area contributed by atoms with Crippen molar-refractivity contribution in [2.45, 2.75) is 53.9 Å². The van der Waals surface area contributed by atoms with Gasteiger partial charge in [-0.25, -0.2) is 0 Å². The van der Waals surface area contributed by atoms with Gasteiger partial charge in [0.15, 0.2) is 0 Å². The maximum Gasteiger partial charge on any atom is 0.0625 e. The van der Waals surface area contributed by atoms with Crippen LogP contribution in [0.4, 0.5) is 0 Å². The van der Waals surface area contributed by atoms with Gasteiger partial charge in [0.1, 0.15) is 0 Å². The van der Waals surface area contributed by atoms with Crippen LogP contribution in [0, 0.1) is 27.7 Å². The van der Waals surface area contributed by atoms with Crippen molar-refractivity contribution in [3.05, 3.63) is 131 Å². The van der Waals surface area contributed by atoms with Crippen LogP contribution < -0.4 is 0 Å². The molecule has 0 aliphatic rings. The van der Waals surface area contributed by atoms with Crippen LogP contribution in [0.5, 0.6) is 0 Å². The first-order valence-electron chi connectivity index (χ1n) is 12.3. The lowest BCUT2D eigenvalue weighted by molar-refractivity contribution is 0.314. The molecule has 36 heavy (non-hydrogen) atoms. The highest BCUT2D eigenvalue weighted by Gasteiger charge is 2.12. The summed E-state index contributed by atoms with van der Waals surface area (Å²) in [7, 11) is 0. The van der Waals surface area contributed by atoms with Gasteiger partial charge in [-0.1, -0.05) is 24.3 Å². The molecule has 0 aliphatic carbocycles. The van der Waals surface area contributed by atoms with Crippen molar-refractivity contribution in [3.63, 3.8) is 0 Å². The minimum absolute atomic E-state index is 0.693. The zero-order valence-electron chi connectivity index (χ0n) is 21.6. The highest BCUT2D eigenvalue weighted by atomic mass is 15.2. The number of hydrogen-bond donors (Lipinski definition) is 0. The van der Waals surface area contributed by atoms with Crippen molar-refractivity contribution in [2.24, 2.45) is 0 Å². The van der Waals surface area contributed by atoms with Crippen LogP contribution in [0.25, 0.3) is 0 Å². The zero-order valence-corrected chi connectivity index (χ0v) is 21.6. The molecule has 0 unspecified atom stereocenters. The Morgan fingerprint density at radius 2 is 0.722 bits per heavy atom. The van der Waals surface area contributed by atoms with Crippen LogP contribution in [-0.2, 0) is 26.2 Å². The predicted octanol–water partition coefficient (Wildman–Crippen LogP) is 5.68. The lowest BCUT2D eigenvalue weighted by Crippen LogP contribution is -2.23. The van der Waals surface area contributed by atoms with Crippen LogP contribution >= 0.6 is 0 Å². The molecule has 0 aromatic carbocycles. The maximum absolute atomic E-state index is 4.64. The van der Waals surface area contributed by atoms with Crippen molar-refractivity contribution < 1.29 is 0 Å². The van der Waals surface area contributed by atoms with Gasteiger partial charge in [0.25, 0.3) is 0 Å². The molecule has 0 amide bonds. The van der Waals surface area contributed by atoms with Crippen molar-refractivity contribution in [1.29, 1.82) is 0 Å². The van der Waals surface area contributed by atoms with E-state index < -0.39 is 0 Å². The van der Waals surface area contributed by atoms with E-state index in [0.717, 1.165) is 22.8 Å². The van der Waals surface area contributed by atoms with E-state index in [9.17, 15) is 0 Å². The van der Waals surface area contributed by atoms with Gasteiger partial charge in [-0.3, -0.25) is 19.9 Å². The zero-order chi connectivity index (χ0) is 25.3. The molecule has 4 aromatic rings. The van der Waals surface area contributed by atoms with Gasteiger partial charge in [-0.2, -0.15) is 0 Å². The molecule has 0 spiro atoms. The third-order valence-electron chi connectivity index (χ3n) is 6.37.